The molecule has 4 rings (SSSR count). The zero-order valence-corrected chi connectivity index (χ0v) is 13.8. The zero-order valence-electron chi connectivity index (χ0n) is 13.8. The van der Waals surface area contributed by atoms with Gasteiger partial charge in [-0.15, -0.1) is 0 Å². The van der Waals surface area contributed by atoms with Gasteiger partial charge in [0.25, 0.3) is 5.91 Å². The summed E-state index contributed by atoms with van der Waals surface area (Å²) in [5, 5.41) is 9.60. The number of fused-ring (bicyclic) bond motifs is 1. The first-order valence-corrected chi connectivity index (χ1v) is 8.49. The van der Waals surface area contributed by atoms with Gasteiger partial charge in [0, 0.05) is 36.2 Å². The Morgan fingerprint density at radius 2 is 2.08 bits per heavy atom. The number of carbonyl (C=O) groups excluding carboxylic acids is 1. The molecule has 0 radical (unpaired) electrons. The lowest BCUT2D eigenvalue weighted by molar-refractivity contribution is 0.0932. The molecule has 0 bridgehead atoms. The zero-order chi connectivity index (χ0) is 16.5. The summed E-state index contributed by atoms with van der Waals surface area (Å²) in [5.41, 5.74) is 3.96. The van der Waals surface area contributed by atoms with Crippen LogP contribution >= 0.6 is 0 Å². The van der Waals surface area contributed by atoms with E-state index >= 15 is 0 Å². The molecular weight excluding hydrogens is 302 g/mol. The van der Waals surface area contributed by atoms with Gasteiger partial charge in [0.15, 0.2) is 0 Å². The van der Waals surface area contributed by atoms with E-state index in [2.05, 4.69) is 10.4 Å². The Morgan fingerprint density at radius 3 is 2.83 bits per heavy atom. The molecule has 1 aliphatic carbocycles. The number of nitrogens with one attached hydrogen (secondary N) is 1. The van der Waals surface area contributed by atoms with Crippen molar-refractivity contribution in [3.05, 3.63) is 53.5 Å². The van der Waals surface area contributed by atoms with Crippen LogP contribution in [0.3, 0.4) is 0 Å². The molecule has 1 aliphatic heterocycles. The second-order valence-corrected chi connectivity index (χ2v) is 6.47. The smallest absolute Gasteiger partial charge is 0.251 e. The molecule has 0 fully saturated rings. The van der Waals surface area contributed by atoms with Gasteiger partial charge in [-0.25, -0.2) is 0 Å². The molecule has 2 aromatic rings. The number of benzene rings is 1. The van der Waals surface area contributed by atoms with E-state index in [0.717, 1.165) is 55.0 Å². The van der Waals surface area contributed by atoms with Crippen molar-refractivity contribution in [1.82, 2.24) is 5.32 Å². The minimum absolute atomic E-state index is 0.0401. The summed E-state index contributed by atoms with van der Waals surface area (Å²) in [4.78, 5) is 12.5. The molecule has 5 heteroatoms. The summed E-state index contributed by atoms with van der Waals surface area (Å²) in [6.07, 6.45) is 5.66. The highest BCUT2D eigenvalue weighted by atomic mass is 16.3. The Balaban J connectivity index is 1.46. The van der Waals surface area contributed by atoms with Crippen molar-refractivity contribution in [2.75, 3.05) is 11.6 Å². The third-order valence-electron chi connectivity index (χ3n) is 4.76. The highest BCUT2D eigenvalue weighted by Crippen LogP contribution is 2.30. The lowest BCUT2D eigenvalue weighted by Crippen LogP contribution is -2.30. The van der Waals surface area contributed by atoms with E-state index < -0.39 is 0 Å². The molecule has 24 heavy (non-hydrogen) atoms. The van der Waals surface area contributed by atoms with Crippen LogP contribution in [0.15, 0.2) is 46.1 Å². The van der Waals surface area contributed by atoms with Crippen molar-refractivity contribution in [2.24, 2.45) is 5.10 Å². The van der Waals surface area contributed by atoms with Crippen LogP contribution in [0, 0.1) is 0 Å². The molecular formula is C19H21N3O2. The van der Waals surface area contributed by atoms with Crippen LogP contribution in [0.1, 0.15) is 53.9 Å². The van der Waals surface area contributed by atoms with Gasteiger partial charge >= 0.3 is 0 Å². The number of carbonyl (C=O) groups is 1. The number of hydrazone groups is 1. The fraction of sp³-hybridized carbons (Fsp3) is 0.368. The van der Waals surface area contributed by atoms with Gasteiger partial charge in [-0.1, -0.05) is 0 Å². The van der Waals surface area contributed by atoms with Crippen LogP contribution in [-0.2, 0) is 6.42 Å². The fourth-order valence-corrected chi connectivity index (χ4v) is 3.42. The Bertz CT molecular complexity index is 776. The quantitative estimate of drug-likeness (QED) is 0.937. The molecule has 2 aliphatic rings. The van der Waals surface area contributed by atoms with E-state index in [4.69, 9.17) is 4.42 Å². The van der Waals surface area contributed by atoms with Crippen molar-refractivity contribution >= 4 is 17.3 Å². The minimum atomic E-state index is -0.0401. The number of anilines is 1. The largest absolute Gasteiger partial charge is 0.469 e. The number of nitrogens with zero attached hydrogens (tertiary/aromatic N) is 2. The van der Waals surface area contributed by atoms with Crippen molar-refractivity contribution in [1.29, 1.82) is 0 Å². The maximum Gasteiger partial charge on any atom is 0.251 e. The standard InChI is InChI=1S/C19H21N3O2/c1-13-9-11-22(21-13)15-7-5-14(6-8-15)19(23)20-17-3-2-4-18-16(17)10-12-24-18/h5-8,10,12,17H,2-4,9,11H2,1H3,(H,20,23). The number of aryl methyl sites for hydroxylation is 1. The van der Waals surface area contributed by atoms with Gasteiger partial charge in [-0.2, -0.15) is 5.10 Å². The average molecular weight is 323 g/mol. The molecule has 1 amide bonds. The number of hydrogen-bond donors (Lipinski definition) is 1. The topological polar surface area (TPSA) is 57.8 Å². The molecule has 0 saturated carbocycles. The third-order valence-corrected chi connectivity index (χ3v) is 4.76. The molecule has 1 unspecified atom stereocenters. The average Bonchev–Trinajstić information content (AvgIpc) is 3.24. The molecule has 5 nitrogen and oxygen atoms in total. The van der Waals surface area contributed by atoms with Gasteiger partial charge in [0.05, 0.1) is 18.0 Å². The molecule has 2 heterocycles. The Labute approximate surface area is 141 Å². The molecule has 0 saturated heterocycles. The molecule has 1 N–H and O–H groups in total. The van der Waals surface area contributed by atoms with Crippen molar-refractivity contribution in [3.8, 4) is 0 Å². The molecule has 0 spiro atoms. The predicted molar refractivity (Wildman–Crippen MR) is 93.4 cm³/mol. The summed E-state index contributed by atoms with van der Waals surface area (Å²) < 4.78 is 5.49. The van der Waals surface area contributed by atoms with Gasteiger partial charge in [-0.05, 0) is 50.1 Å². The summed E-state index contributed by atoms with van der Waals surface area (Å²) in [6, 6.07) is 9.67. The minimum Gasteiger partial charge on any atom is -0.469 e. The predicted octanol–water partition coefficient (Wildman–Crippen LogP) is 3.67. The highest BCUT2D eigenvalue weighted by molar-refractivity contribution is 5.95. The number of hydrogen-bond acceptors (Lipinski definition) is 4. The van der Waals surface area contributed by atoms with Gasteiger partial charge in [-0.3, -0.25) is 9.80 Å². The number of rotatable bonds is 3. The van der Waals surface area contributed by atoms with Crippen LogP contribution in [0.4, 0.5) is 5.69 Å². The molecule has 124 valence electrons. The summed E-state index contributed by atoms with van der Waals surface area (Å²) >= 11 is 0. The lowest BCUT2D eigenvalue weighted by atomic mass is 9.93. The highest BCUT2D eigenvalue weighted by Gasteiger charge is 2.24. The Morgan fingerprint density at radius 1 is 1.25 bits per heavy atom. The van der Waals surface area contributed by atoms with Crippen molar-refractivity contribution < 1.29 is 9.21 Å². The second kappa shape index (κ2) is 6.15. The van der Waals surface area contributed by atoms with E-state index in [0.29, 0.717) is 5.56 Å². The van der Waals surface area contributed by atoms with Gasteiger partial charge in [0.2, 0.25) is 0 Å². The van der Waals surface area contributed by atoms with E-state index in [1.807, 2.05) is 42.3 Å². The Kier molecular flexibility index (Phi) is 3.84. The molecule has 1 atom stereocenters. The summed E-state index contributed by atoms with van der Waals surface area (Å²) in [6.45, 7) is 2.94. The second-order valence-electron chi connectivity index (χ2n) is 6.47. The number of furan rings is 1. The van der Waals surface area contributed by atoms with Crippen LogP contribution in [0.2, 0.25) is 0 Å². The first-order valence-electron chi connectivity index (χ1n) is 8.49. The third kappa shape index (κ3) is 2.82. The van der Waals surface area contributed by atoms with Crippen LogP contribution < -0.4 is 10.3 Å². The fourth-order valence-electron chi connectivity index (χ4n) is 3.42. The van der Waals surface area contributed by atoms with Crippen LogP contribution in [0.25, 0.3) is 0 Å². The molecule has 1 aromatic heterocycles. The first-order chi connectivity index (χ1) is 11.7. The van der Waals surface area contributed by atoms with Crippen molar-refractivity contribution in [2.45, 2.75) is 38.6 Å². The summed E-state index contributed by atoms with van der Waals surface area (Å²) in [5.74, 6) is 0.964. The van der Waals surface area contributed by atoms with Crippen molar-refractivity contribution in [3.63, 3.8) is 0 Å². The van der Waals surface area contributed by atoms with E-state index in [9.17, 15) is 4.79 Å². The Hall–Kier alpha value is -2.56. The molecule has 1 aromatic carbocycles. The maximum absolute atomic E-state index is 12.5. The number of amides is 1. The van der Waals surface area contributed by atoms with Crippen LogP contribution in [-0.4, -0.2) is 18.2 Å². The normalized spacial score (nSPS) is 19.8. The van der Waals surface area contributed by atoms with E-state index in [1.54, 1.807) is 6.26 Å². The van der Waals surface area contributed by atoms with Crippen LogP contribution in [0.5, 0.6) is 0 Å². The maximum atomic E-state index is 12.5. The first kappa shape index (κ1) is 15.0. The van der Waals surface area contributed by atoms with Gasteiger partial charge < -0.3 is 9.73 Å². The summed E-state index contributed by atoms with van der Waals surface area (Å²) in [7, 11) is 0. The monoisotopic (exact) mass is 323 g/mol. The van der Waals surface area contributed by atoms with E-state index in [-0.39, 0.29) is 11.9 Å². The SMILES string of the molecule is CC1=NN(c2ccc(C(=O)NC3CCCc4occc43)cc2)CC1. The van der Waals surface area contributed by atoms with Gasteiger partial charge in [0.1, 0.15) is 5.76 Å². The lowest BCUT2D eigenvalue weighted by Gasteiger charge is -2.23. The van der Waals surface area contributed by atoms with E-state index in [1.165, 1.54) is 0 Å².